The Kier molecular flexibility index (Phi) is 3.85. The van der Waals surface area contributed by atoms with Gasteiger partial charge in [-0.2, -0.15) is 0 Å². The number of carbonyl (C=O) groups excluding carboxylic acids is 1. The lowest BCUT2D eigenvalue weighted by Crippen LogP contribution is -2.51. The van der Waals surface area contributed by atoms with Crippen molar-refractivity contribution in [2.24, 2.45) is 0 Å². The van der Waals surface area contributed by atoms with Crippen LogP contribution in [-0.2, 0) is 4.79 Å². The average Bonchev–Trinajstić information content (AvgIpc) is 2.82. The molecule has 0 unspecified atom stereocenters. The zero-order valence-corrected chi connectivity index (χ0v) is 13.1. The quantitative estimate of drug-likeness (QED) is 0.885. The van der Waals surface area contributed by atoms with Crippen LogP contribution >= 0.6 is 0 Å². The Morgan fingerprint density at radius 2 is 2.04 bits per heavy atom. The Hall–Kier alpha value is -2.34. The van der Waals surface area contributed by atoms with Gasteiger partial charge in [0.25, 0.3) is 5.91 Å². The Balaban J connectivity index is 1.99. The van der Waals surface area contributed by atoms with Gasteiger partial charge in [0.05, 0.1) is 6.10 Å². The van der Waals surface area contributed by atoms with Crippen molar-refractivity contribution in [3.8, 4) is 0 Å². The largest absolute Gasteiger partial charge is 0.480 e. The molecule has 1 fully saturated rings. The van der Waals surface area contributed by atoms with Crippen molar-refractivity contribution in [3.63, 3.8) is 0 Å². The van der Waals surface area contributed by atoms with E-state index >= 15 is 0 Å². The van der Waals surface area contributed by atoms with Gasteiger partial charge >= 0.3 is 5.97 Å². The van der Waals surface area contributed by atoms with E-state index < -0.39 is 24.0 Å². The maximum absolute atomic E-state index is 12.8. The molecule has 0 spiro atoms. The Labute approximate surface area is 133 Å². The Morgan fingerprint density at radius 3 is 2.74 bits per heavy atom. The molecule has 1 aliphatic heterocycles. The minimum atomic E-state index is -1.11. The predicted octanol–water partition coefficient (Wildman–Crippen LogP) is 2.10. The first-order valence-corrected chi connectivity index (χ1v) is 7.60. The number of aryl methyl sites for hydroxylation is 2. The molecule has 1 amide bonds. The number of hydrogen-bond donors (Lipinski definition) is 2. The lowest BCUT2D eigenvalue weighted by molar-refractivity contribution is -0.145. The maximum atomic E-state index is 12.8. The second-order valence-corrected chi connectivity index (χ2v) is 6.09. The number of piperidine rings is 1. The molecule has 23 heavy (non-hydrogen) atoms. The summed E-state index contributed by atoms with van der Waals surface area (Å²) in [4.78, 5) is 25.5. The fraction of sp³-hybridized carbons (Fsp3) is 0.412. The van der Waals surface area contributed by atoms with E-state index in [0.717, 1.165) is 10.9 Å². The number of carboxylic acid groups (broad SMARTS) is 1. The van der Waals surface area contributed by atoms with E-state index in [1.165, 1.54) is 4.90 Å². The number of nitrogens with zero attached hydrogens (tertiary/aromatic N) is 1. The molecule has 122 valence electrons. The summed E-state index contributed by atoms with van der Waals surface area (Å²) >= 11 is 0. The average molecular weight is 317 g/mol. The molecule has 1 saturated heterocycles. The molecule has 2 atom stereocenters. The summed E-state index contributed by atoms with van der Waals surface area (Å²) in [7, 11) is 0. The summed E-state index contributed by atoms with van der Waals surface area (Å²) in [6, 6.07) is 4.67. The molecule has 3 rings (SSSR count). The number of carboxylic acids is 1. The SMILES string of the molecule is Cc1ccc2c(C)c(C(=O)N3CC[C@H](O)C[C@@H]3C(=O)O)oc2c1. The summed E-state index contributed by atoms with van der Waals surface area (Å²) in [6.07, 6.45) is -0.285. The molecule has 1 aromatic heterocycles. The number of rotatable bonds is 2. The van der Waals surface area contributed by atoms with Crippen molar-refractivity contribution >= 4 is 22.8 Å². The lowest BCUT2D eigenvalue weighted by atomic mass is 9.98. The van der Waals surface area contributed by atoms with E-state index in [9.17, 15) is 19.8 Å². The second-order valence-electron chi connectivity index (χ2n) is 6.09. The van der Waals surface area contributed by atoms with Gasteiger partial charge in [-0.1, -0.05) is 12.1 Å². The van der Waals surface area contributed by atoms with Gasteiger partial charge in [0, 0.05) is 23.9 Å². The highest BCUT2D eigenvalue weighted by molar-refractivity contribution is 6.00. The predicted molar refractivity (Wildman–Crippen MR) is 83.4 cm³/mol. The number of amides is 1. The van der Waals surface area contributed by atoms with E-state index in [0.29, 0.717) is 17.6 Å². The van der Waals surface area contributed by atoms with Crippen molar-refractivity contribution < 1.29 is 24.2 Å². The van der Waals surface area contributed by atoms with Crippen molar-refractivity contribution in [3.05, 3.63) is 35.1 Å². The van der Waals surface area contributed by atoms with Crippen LogP contribution < -0.4 is 0 Å². The van der Waals surface area contributed by atoms with Gasteiger partial charge in [-0.15, -0.1) is 0 Å². The Bertz CT molecular complexity index is 779. The third kappa shape index (κ3) is 2.70. The molecule has 6 heteroatoms. The van der Waals surface area contributed by atoms with E-state index in [2.05, 4.69) is 0 Å². The first-order chi connectivity index (χ1) is 10.9. The minimum absolute atomic E-state index is 0.0411. The first kappa shape index (κ1) is 15.6. The number of hydrogen-bond acceptors (Lipinski definition) is 4. The Morgan fingerprint density at radius 1 is 1.30 bits per heavy atom. The second kappa shape index (κ2) is 5.70. The fourth-order valence-electron chi connectivity index (χ4n) is 3.09. The molecule has 0 radical (unpaired) electrons. The first-order valence-electron chi connectivity index (χ1n) is 7.60. The molecule has 1 aromatic carbocycles. The van der Waals surface area contributed by atoms with E-state index in [-0.39, 0.29) is 18.7 Å². The summed E-state index contributed by atoms with van der Waals surface area (Å²) < 4.78 is 5.70. The molecular weight excluding hydrogens is 298 g/mol. The fourth-order valence-corrected chi connectivity index (χ4v) is 3.09. The molecule has 2 heterocycles. The zero-order valence-electron chi connectivity index (χ0n) is 13.1. The van der Waals surface area contributed by atoms with Gasteiger partial charge in [-0.05, 0) is 31.9 Å². The van der Waals surface area contributed by atoms with Crippen LogP contribution in [0, 0.1) is 13.8 Å². The number of likely N-dealkylation sites (tertiary alicyclic amines) is 1. The molecule has 0 aliphatic carbocycles. The monoisotopic (exact) mass is 317 g/mol. The van der Waals surface area contributed by atoms with Gasteiger partial charge in [-0.3, -0.25) is 4.79 Å². The molecule has 6 nitrogen and oxygen atoms in total. The van der Waals surface area contributed by atoms with Crippen LogP contribution in [-0.4, -0.2) is 45.7 Å². The van der Waals surface area contributed by atoms with E-state index in [1.807, 2.05) is 25.1 Å². The smallest absolute Gasteiger partial charge is 0.326 e. The summed E-state index contributed by atoms with van der Waals surface area (Å²) in [6.45, 7) is 3.93. The number of aliphatic hydroxyl groups is 1. The third-order valence-corrected chi connectivity index (χ3v) is 4.41. The standard InChI is InChI=1S/C17H19NO5/c1-9-3-4-12-10(2)15(23-14(12)7-9)16(20)18-6-5-11(19)8-13(18)17(21)22/h3-4,7,11,13,19H,5-6,8H2,1-2H3,(H,21,22)/t11-,13+/m0/s1. The van der Waals surface area contributed by atoms with E-state index in [1.54, 1.807) is 6.92 Å². The van der Waals surface area contributed by atoms with E-state index in [4.69, 9.17) is 4.42 Å². The molecule has 2 N–H and O–H groups in total. The minimum Gasteiger partial charge on any atom is -0.480 e. The van der Waals surface area contributed by atoms with Crippen LogP contribution in [0.1, 0.15) is 34.5 Å². The zero-order chi connectivity index (χ0) is 16.7. The van der Waals surface area contributed by atoms with Gasteiger partial charge in [-0.25, -0.2) is 4.79 Å². The van der Waals surface area contributed by atoms with Crippen LogP contribution in [0.3, 0.4) is 0 Å². The van der Waals surface area contributed by atoms with Crippen LogP contribution in [0.15, 0.2) is 22.6 Å². The summed E-state index contributed by atoms with van der Waals surface area (Å²) in [5.41, 5.74) is 2.35. The van der Waals surface area contributed by atoms with Crippen molar-refractivity contribution in [1.82, 2.24) is 4.90 Å². The molecule has 2 aromatic rings. The highest BCUT2D eigenvalue weighted by Crippen LogP contribution is 2.29. The summed E-state index contributed by atoms with van der Waals surface area (Å²) in [5.74, 6) is -1.37. The van der Waals surface area contributed by atoms with Gasteiger partial charge < -0.3 is 19.5 Å². The van der Waals surface area contributed by atoms with Crippen LogP contribution in [0.2, 0.25) is 0 Å². The normalized spacial score (nSPS) is 21.6. The van der Waals surface area contributed by atoms with Gasteiger partial charge in [0.15, 0.2) is 5.76 Å². The number of aliphatic hydroxyl groups excluding tert-OH is 1. The topological polar surface area (TPSA) is 91.0 Å². The third-order valence-electron chi connectivity index (χ3n) is 4.41. The maximum Gasteiger partial charge on any atom is 0.326 e. The lowest BCUT2D eigenvalue weighted by Gasteiger charge is -2.34. The van der Waals surface area contributed by atoms with Crippen LogP contribution in [0.25, 0.3) is 11.0 Å². The number of fused-ring (bicyclic) bond motifs is 1. The van der Waals surface area contributed by atoms with Crippen LogP contribution in [0.5, 0.6) is 0 Å². The van der Waals surface area contributed by atoms with Crippen LogP contribution in [0.4, 0.5) is 0 Å². The number of aliphatic carboxylic acids is 1. The number of carbonyl (C=O) groups is 2. The summed E-state index contributed by atoms with van der Waals surface area (Å²) in [5, 5.41) is 19.9. The van der Waals surface area contributed by atoms with Gasteiger partial charge in [0.2, 0.25) is 0 Å². The molecule has 0 saturated carbocycles. The van der Waals surface area contributed by atoms with Crippen molar-refractivity contribution in [1.29, 1.82) is 0 Å². The number of benzene rings is 1. The highest BCUT2D eigenvalue weighted by Gasteiger charge is 2.37. The molecule has 1 aliphatic rings. The molecular formula is C17H19NO5. The van der Waals surface area contributed by atoms with Crippen molar-refractivity contribution in [2.75, 3.05) is 6.54 Å². The number of furan rings is 1. The highest BCUT2D eigenvalue weighted by atomic mass is 16.4. The van der Waals surface area contributed by atoms with Gasteiger partial charge in [0.1, 0.15) is 11.6 Å². The molecule has 0 bridgehead atoms. The van der Waals surface area contributed by atoms with Crippen molar-refractivity contribution in [2.45, 2.75) is 38.8 Å².